The zero-order chi connectivity index (χ0) is 32.5. The number of fused-ring (bicyclic) bond motifs is 1. The fraction of sp³-hybridized carbons (Fsp3) is 0.375. The first-order valence-corrected chi connectivity index (χ1v) is 17.4. The van der Waals surface area contributed by atoms with E-state index in [2.05, 4.69) is 67.0 Å². The summed E-state index contributed by atoms with van der Waals surface area (Å²) < 4.78 is 5.57. The quantitative estimate of drug-likeness (QED) is 0.0783. The molecule has 1 saturated carbocycles. The van der Waals surface area contributed by atoms with E-state index >= 15 is 0 Å². The fourth-order valence-electron chi connectivity index (χ4n) is 6.32. The molecule has 0 saturated heterocycles. The van der Waals surface area contributed by atoms with Gasteiger partial charge in [-0.1, -0.05) is 48.1 Å². The van der Waals surface area contributed by atoms with Crippen LogP contribution in [-0.4, -0.2) is 41.7 Å². The average molecular weight is 634 g/mol. The van der Waals surface area contributed by atoms with Crippen molar-refractivity contribution in [2.75, 3.05) is 25.6 Å². The fourth-order valence-corrected chi connectivity index (χ4v) is 7.53. The molecule has 46 heavy (non-hydrogen) atoms. The monoisotopic (exact) mass is 633 g/mol. The first kappa shape index (κ1) is 33.5. The van der Waals surface area contributed by atoms with Crippen LogP contribution in [0, 0.1) is 18.8 Å². The normalized spacial score (nSPS) is 17.2. The number of rotatable bonds is 14. The number of Topliss-reactive ketones (excluding diaryl/α,β-unsaturated/α-hetero) is 1. The Bertz CT molecular complexity index is 1640. The van der Waals surface area contributed by atoms with Crippen LogP contribution in [0.3, 0.4) is 0 Å². The number of ether oxygens (including phenoxy) is 1. The molecule has 1 aliphatic carbocycles. The lowest BCUT2D eigenvalue weighted by Crippen LogP contribution is -2.19. The molecule has 4 aromatic rings. The number of hydrogen-bond acceptors (Lipinski definition) is 6. The molecule has 0 radical (unpaired) electrons. The second kappa shape index (κ2) is 16.1. The lowest BCUT2D eigenvalue weighted by Gasteiger charge is -2.30. The number of aromatic nitrogens is 2. The predicted molar refractivity (Wildman–Crippen MR) is 194 cm³/mol. The second-order valence-electron chi connectivity index (χ2n) is 12.7. The van der Waals surface area contributed by atoms with Gasteiger partial charge in [-0.2, -0.15) is 0 Å². The summed E-state index contributed by atoms with van der Waals surface area (Å²) in [5.41, 5.74) is 4.24. The molecule has 0 spiro atoms. The molecule has 1 fully saturated rings. The summed E-state index contributed by atoms with van der Waals surface area (Å²) in [5.74, 6) is 3.85. The molecule has 5 nitrogen and oxygen atoms in total. The number of hydrogen-bond donors (Lipinski definition) is 0. The predicted octanol–water partition coefficient (Wildman–Crippen LogP) is 9.99. The Morgan fingerprint density at radius 3 is 2.39 bits per heavy atom. The first-order chi connectivity index (χ1) is 22.3. The molecule has 1 unspecified atom stereocenters. The van der Waals surface area contributed by atoms with E-state index in [1.807, 2.05) is 57.4 Å². The van der Waals surface area contributed by atoms with Gasteiger partial charge in [-0.05, 0) is 119 Å². The first-order valence-electron chi connectivity index (χ1n) is 16.6. The van der Waals surface area contributed by atoms with Crippen molar-refractivity contribution in [1.29, 1.82) is 0 Å². The lowest BCUT2D eigenvalue weighted by molar-refractivity contribution is 0.0981. The molecule has 1 atom stereocenters. The number of nitrogens with zero attached hydrogens (tertiary/aromatic N) is 3. The molecule has 6 heteroatoms. The molecule has 0 bridgehead atoms. The SMILES string of the molecule is C=C(CC(CC(=O)c1ccc(OCC)cc1)Sc1ccc(C)cc1)[C@H]1CC[C@@H](C/C=C/c2nc(N(C)C)c3ccccc3n2)CC1. The maximum atomic E-state index is 13.4. The van der Waals surface area contributed by atoms with Crippen molar-refractivity contribution in [2.24, 2.45) is 11.8 Å². The lowest BCUT2D eigenvalue weighted by atomic mass is 9.76. The minimum Gasteiger partial charge on any atom is -0.494 e. The maximum Gasteiger partial charge on any atom is 0.164 e. The minimum absolute atomic E-state index is 0.143. The highest BCUT2D eigenvalue weighted by Gasteiger charge is 2.26. The van der Waals surface area contributed by atoms with E-state index in [1.54, 1.807) is 11.8 Å². The van der Waals surface area contributed by atoms with Crippen molar-refractivity contribution in [3.8, 4) is 5.75 Å². The van der Waals surface area contributed by atoms with Gasteiger partial charge in [0.25, 0.3) is 0 Å². The minimum atomic E-state index is 0.143. The molecular weight excluding hydrogens is 587 g/mol. The number of anilines is 1. The summed E-state index contributed by atoms with van der Waals surface area (Å²) in [6.07, 6.45) is 11.4. The molecule has 0 amide bonds. The molecule has 1 aliphatic rings. The largest absolute Gasteiger partial charge is 0.494 e. The standard InChI is InChI=1S/C40H47N3O2S/c1-6-45-33-22-20-32(21-23-33)38(44)27-35(46-34-24-14-28(2)15-25-34)26-29(3)31-18-16-30(17-19-31)10-9-13-39-41-37-12-8-7-11-36(37)40(42-39)43(4)5/h7-9,11-15,20-25,30-31,35H,3,6,10,16-19,26-27H2,1-2,4-5H3/b13-9+/t30-,31+,35?. The van der Waals surface area contributed by atoms with E-state index in [4.69, 9.17) is 14.7 Å². The van der Waals surface area contributed by atoms with Crippen molar-refractivity contribution in [3.05, 3.63) is 108 Å². The highest BCUT2D eigenvalue weighted by atomic mass is 32.2. The van der Waals surface area contributed by atoms with Gasteiger partial charge < -0.3 is 9.64 Å². The van der Waals surface area contributed by atoms with E-state index < -0.39 is 0 Å². The summed E-state index contributed by atoms with van der Waals surface area (Å²) in [5, 5.41) is 1.21. The van der Waals surface area contributed by atoms with Crippen LogP contribution in [-0.2, 0) is 0 Å². The van der Waals surface area contributed by atoms with Crippen LogP contribution >= 0.6 is 11.8 Å². The zero-order valence-corrected chi connectivity index (χ0v) is 28.6. The molecule has 1 aromatic heterocycles. The number of carbonyl (C=O) groups excluding carboxylic acids is 1. The topological polar surface area (TPSA) is 55.3 Å². The highest BCUT2D eigenvalue weighted by Crippen LogP contribution is 2.39. The van der Waals surface area contributed by atoms with Crippen molar-refractivity contribution in [1.82, 2.24) is 9.97 Å². The number of para-hydroxylation sites is 1. The van der Waals surface area contributed by atoms with Crippen LogP contribution in [0.5, 0.6) is 5.75 Å². The van der Waals surface area contributed by atoms with Gasteiger partial charge in [0.15, 0.2) is 11.6 Å². The Balaban J connectivity index is 1.17. The van der Waals surface area contributed by atoms with Gasteiger partial charge >= 0.3 is 0 Å². The second-order valence-corrected chi connectivity index (χ2v) is 14.0. The summed E-state index contributed by atoms with van der Waals surface area (Å²) in [4.78, 5) is 26.2. The summed E-state index contributed by atoms with van der Waals surface area (Å²) >= 11 is 1.81. The third kappa shape index (κ3) is 9.10. The van der Waals surface area contributed by atoms with Crippen LogP contribution in [0.1, 0.15) is 73.6 Å². The Hall–Kier alpha value is -3.90. The number of carbonyl (C=O) groups is 1. The van der Waals surface area contributed by atoms with Gasteiger partial charge in [-0.15, -0.1) is 11.8 Å². The third-order valence-corrected chi connectivity index (χ3v) is 10.1. The highest BCUT2D eigenvalue weighted by molar-refractivity contribution is 8.00. The van der Waals surface area contributed by atoms with Gasteiger partial charge in [0, 0.05) is 41.6 Å². The van der Waals surface area contributed by atoms with Gasteiger partial charge in [0.2, 0.25) is 0 Å². The summed E-state index contributed by atoms with van der Waals surface area (Å²) in [6, 6.07) is 24.4. The van der Waals surface area contributed by atoms with Crippen LogP contribution in [0.4, 0.5) is 5.82 Å². The molecule has 0 aliphatic heterocycles. The third-order valence-electron chi connectivity index (χ3n) is 8.90. The van der Waals surface area contributed by atoms with Gasteiger partial charge in [0.1, 0.15) is 11.6 Å². The molecule has 1 heterocycles. The number of ketones is 1. The number of benzene rings is 3. The summed E-state index contributed by atoms with van der Waals surface area (Å²) in [7, 11) is 4.05. The van der Waals surface area contributed by atoms with E-state index in [-0.39, 0.29) is 11.0 Å². The van der Waals surface area contributed by atoms with E-state index in [0.717, 1.165) is 59.5 Å². The molecule has 0 N–H and O–H groups in total. The molecule has 5 rings (SSSR count). The van der Waals surface area contributed by atoms with Gasteiger partial charge in [-0.3, -0.25) is 4.79 Å². The Kier molecular flexibility index (Phi) is 11.7. The van der Waals surface area contributed by atoms with Crippen molar-refractivity contribution in [2.45, 2.75) is 68.9 Å². The summed E-state index contributed by atoms with van der Waals surface area (Å²) in [6.45, 7) is 9.27. The zero-order valence-electron chi connectivity index (χ0n) is 27.7. The molecule has 240 valence electrons. The average Bonchev–Trinajstić information content (AvgIpc) is 3.06. The maximum absolute atomic E-state index is 13.4. The number of aryl methyl sites for hydroxylation is 1. The number of allylic oxidation sites excluding steroid dienone is 2. The van der Waals surface area contributed by atoms with Crippen LogP contribution in [0.15, 0.2) is 95.9 Å². The van der Waals surface area contributed by atoms with Crippen molar-refractivity contribution in [3.63, 3.8) is 0 Å². The van der Waals surface area contributed by atoms with Crippen molar-refractivity contribution < 1.29 is 9.53 Å². The van der Waals surface area contributed by atoms with Gasteiger partial charge in [-0.25, -0.2) is 9.97 Å². The Morgan fingerprint density at radius 2 is 1.70 bits per heavy atom. The van der Waals surface area contributed by atoms with Crippen LogP contribution in [0.25, 0.3) is 17.0 Å². The molecular formula is C40H47N3O2S. The Morgan fingerprint density at radius 1 is 0.978 bits per heavy atom. The van der Waals surface area contributed by atoms with E-state index in [9.17, 15) is 4.79 Å². The number of thioether (sulfide) groups is 1. The van der Waals surface area contributed by atoms with Crippen LogP contribution in [0.2, 0.25) is 0 Å². The Labute approximate surface area is 279 Å². The molecule has 3 aromatic carbocycles. The van der Waals surface area contributed by atoms with Gasteiger partial charge in [0.05, 0.1) is 12.1 Å². The van der Waals surface area contributed by atoms with Crippen LogP contribution < -0.4 is 9.64 Å². The van der Waals surface area contributed by atoms with E-state index in [1.165, 1.54) is 28.9 Å². The van der Waals surface area contributed by atoms with E-state index in [0.29, 0.717) is 24.9 Å². The smallest absolute Gasteiger partial charge is 0.164 e. The van der Waals surface area contributed by atoms with Crippen molar-refractivity contribution >= 4 is 40.3 Å².